The van der Waals surface area contributed by atoms with E-state index in [1.165, 1.54) is 25.9 Å². The van der Waals surface area contributed by atoms with E-state index < -0.39 is 0 Å². The molecular formula is C12H23N. The Bertz CT molecular complexity index is 163. The maximum absolute atomic E-state index is 3.86. The van der Waals surface area contributed by atoms with E-state index in [2.05, 4.69) is 38.3 Å². The highest BCUT2D eigenvalue weighted by atomic mass is 15.2. The summed E-state index contributed by atoms with van der Waals surface area (Å²) >= 11 is 0. The van der Waals surface area contributed by atoms with Gasteiger partial charge in [0, 0.05) is 12.6 Å². The molecule has 0 amide bonds. The number of hydrogen-bond donors (Lipinski definition) is 0. The van der Waals surface area contributed by atoms with E-state index >= 15 is 0 Å². The minimum Gasteiger partial charge on any atom is -0.297 e. The molecule has 13 heavy (non-hydrogen) atoms. The smallest absolute Gasteiger partial charge is 0.0247 e. The van der Waals surface area contributed by atoms with Crippen LogP contribution in [0, 0.1) is 11.8 Å². The van der Waals surface area contributed by atoms with Gasteiger partial charge in [-0.05, 0) is 38.1 Å². The molecule has 0 spiro atoms. The van der Waals surface area contributed by atoms with Gasteiger partial charge in [-0.25, -0.2) is 0 Å². The molecule has 0 N–H and O–H groups in total. The van der Waals surface area contributed by atoms with Crippen LogP contribution in [0.1, 0.15) is 33.6 Å². The molecule has 76 valence electrons. The normalized spacial score (nSPS) is 27.5. The first-order valence-electron chi connectivity index (χ1n) is 5.51. The number of rotatable bonds is 3. The van der Waals surface area contributed by atoms with Gasteiger partial charge in [-0.3, -0.25) is 4.90 Å². The Morgan fingerprint density at radius 2 is 2.08 bits per heavy atom. The Morgan fingerprint density at radius 3 is 2.62 bits per heavy atom. The molecule has 1 aliphatic heterocycles. The Morgan fingerprint density at radius 1 is 1.38 bits per heavy atom. The highest BCUT2D eigenvalue weighted by Gasteiger charge is 2.23. The van der Waals surface area contributed by atoms with Gasteiger partial charge in [0.1, 0.15) is 0 Å². The van der Waals surface area contributed by atoms with Gasteiger partial charge in [0.2, 0.25) is 0 Å². The molecule has 0 aromatic carbocycles. The molecule has 1 fully saturated rings. The van der Waals surface area contributed by atoms with E-state index in [9.17, 15) is 0 Å². The van der Waals surface area contributed by atoms with Crippen molar-refractivity contribution in [3.05, 3.63) is 12.7 Å². The Kier molecular flexibility index (Phi) is 3.98. The van der Waals surface area contributed by atoms with Gasteiger partial charge in [-0.15, -0.1) is 6.58 Å². The molecule has 1 heterocycles. The lowest BCUT2D eigenvalue weighted by Crippen LogP contribution is -2.41. The highest BCUT2D eigenvalue weighted by molar-refractivity contribution is 4.87. The molecule has 0 bridgehead atoms. The van der Waals surface area contributed by atoms with Crippen LogP contribution in [0.4, 0.5) is 0 Å². The summed E-state index contributed by atoms with van der Waals surface area (Å²) in [6.07, 6.45) is 4.84. The van der Waals surface area contributed by atoms with Crippen molar-refractivity contribution in [3.63, 3.8) is 0 Å². The fourth-order valence-corrected chi connectivity index (χ4v) is 2.10. The van der Waals surface area contributed by atoms with E-state index in [0.717, 1.165) is 11.8 Å². The average molecular weight is 181 g/mol. The molecule has 1 aliphatic rings. The summed E-state index contributed by atoms with van der Waals surface area (Å²) < 4.78 is 0. The van der Waals surface area contributed by atoms with Crippen LogP contribution >= 0.6 is 0 Å². The van der Waals surface area contributed by atoms with E-state index in [-0.39, 0.29) is 0 Å². The van der Waals surface area contributed by atoms with Gasteiger partial charge in [-0.2, -0.15) is 0 Å². The summed E-state index contributed by atoms with van der Waals surface area (Å²) in [6.45, 7) is 13.3. The molecule has 2 atom stereocenters. The van der Waals surface area contributed by atoms with Crippen LogP contribution in [0.2, 0.25) is 0 Å². The standard InChI is InChI=1S/C12H23N/c1-5-11(4)13-8-6-7-12(9-13)10(2)3/h5,10-12H,1,6-9H2,2-4H3. The molecule has 1 saturated heterocycles. The van der Waals surface area contributed by atoms with E-state index in [0.29, 0.717) is 6.04 Å². The monoisotopic (exact) mass is 181 g/mol. The molecule has 1 rings (SSSR count). The van der Waals surface area contributed by atoms with Gasteiger partial charge in [0.25, 0.3) is 0 Å². The van der Waals surface area contributed by atoms with Gasteiger partial charge < -0.3 is 0 Å². The second kappa shape index (κ2) is 4.80. The van der Waals surface area contributed by atoms with Crippen LogP contribution in [0.3, 0.4) is 0 Å². The maximum Gasteiger partial charge on any atom is 0.0247 e. The lowest BCUT2D eigenvalue weighted by atomic mass is 9.87. The predicted molar refractivity (Wildman–Crippen MR) is 58.8 cm³/mol. The topological polar surface area (TPSA) is 3.24 Å². The molecule has 1 nitrogen and oxygen atoms in total. The van der Waals surface area contributed by atoms with Crippen LogP contribution in [0.5, 0.6) is 0 Å². The summed E-state index contributed by atoms with van der Waals surface area (Å²) in [4.78, 5) is 2.56. The lowest BCUT2D eigenvalue weighted by Gasteiger charge is -2.37. The molecule has 0 aromatic heterocycles. The van der Waals surface area contributed by atoms with Crippen LogP contribution in [-0.2, 0) is 0 Å². The van der Waals surface area contributed by atoms with Crippen molar-refractivity contribution < 1.29 is 0 Å². The molecule has 1 heteroatoms. The van der Waals surface area contributed by atoms with Crippen molar-refractivity contribution in [2.24, 2.45) is 11.8 Å². The first-order chi connectivity index (χ1) is 6.15. The van der Waals surface area contributed by atoms with Crippen molar-refractivity contribution in [3.8, 4) is 0 Å². The van der Waals surface area contributed by atoms with Crippen molar-refractivity contribution in [1.29, 1.82) is 0 Å². The van der Waals surface area contributed by atoms with Crippen molar-refractivity contribution in [2.45, 2.75) is 39.7 Å². The van der Waals surface area contributed by atoms with E-state index in [1.54, 1.807) is 0 Å². The van der Waals surface area contributed by atoms with Gasteiger partial charge in [0.15, 0.2) is 0 Å². The second-order valence-corrected chi connectivity index (χ2v) is 4.62. The molecule has 0 radical (unpaired) electrons. The quantitative estimate of drug-likeness (QED) is 0.605. The lowest BCUT2D eigenvalue weighted by molar-refractivity contribution is 0.127. The zero-order chi connectivity index (χ0) is 9.84. The zero-order valence-corrected chi connectivity index (χ0v) is 9.29. The molecule has 2 unspecified atom stereocenters. The molecule has 0 aliphatic carbocycles. The fraction of sp³-hybridized carbons (Fsp3) is 0.833. The SMILES string of the molecule is C=CC(C)N1CCCC(C(C)C)C1. The zero-order valence-electron chi connectivity index (χ0n) is 9.29. The van der Waals surface area contributed by atoms with Crippen LogP contribution in [0.15, 0.2) is 12.7 Å². The third-order valence-corrected chi connectivity index (χ3v) is 3.35. The fourth-order valence-electron chi connectivity index (χ4n) is 2.10. The second-order valence-electron chi connectivity index (χ2n) is 4.62. The summed E-state index contributed by atoms with van der Waals surface area (Å²) in [6, 6.07) is 0.557. The molecular weight excluding hydrogens is 158 g/mol. The number of likely N-dealkylation sites (tertiary alicyclic amines) is 1. The number of nitrogens with zero attached hydrogens (tertiary/aromatic N) is 1. The predicted octanol–water partition coefficient (Wildman–Crippen LogP) is 2.93. The first-order valence-corrected chi connectivity index (χ1v) is 5.51. The Labute approximate surface area is 82.8 Å². The van der Waals surface area contributed by atoms with Gasteiger partial charge in [0.05, 0.1) is 0 Å². The third-order valence-electron chi connectivity index (χ3n) is 3.35. The maximum atomic E-state index is 3.86. The van der Waals surface area contributed by atoms with Crippen molar-refractivity contribution in [1.82, 2.24) is 4.90 Å². The van der Waals surface area contributed by atoms with Gasteiger partial charge in [-0.1, -0.05) is 19.9 Å². The Hall–Kier alpha value is -0.300. The van der Waals surface area contributed by atoms with Crippen molar-refractivity contribution in [2.75, 3.05) is 13.1 Å². The molecule has 0 saturated carbocycles. The van der Waals surface area contributed by atoms with Crippen LogP contribution in [0.25, 0.3) is 0 Å². The minimum atomic E-state index is 0.557. The summed E-state index contributed by atoms with van der Waals surface area (Å²) in [5.41, 5.74) is 0. The van der Waals surface area contributed by atoms with Crippen LogP contribution < -0.4 is 0 Å². The third kappa shape index (κ3) is 2.84. The van der Waals surface area contributed by atoms with Crippen molar-refractivity contribution >= 4 is 0 Å². The number of piperidine rings is 1. The summed E-state index contributed by atoms with van der Waals surface area (Å²) in [5, 5.41) is 0. The van der Waals surface area contributed by atoms with E-state index in [1.807, 2.05) is 0 Å². The molecule has 0 aromatic rings. The minimum absolute atomic E-state index is 0.557. The Balaban J connectivity index is 2.46. The summed E-state index contributed by atoms with van der Waals surface area (Å²) in [5.74, 6) is 1.73. The summed E-state index contributed by atoms with van der Waals surface area (Å²) in [7, 11) is 0. The number of hydrogen-bond acceptors (Lipinski definition) is 1. The van der Waals surface area contributed by atoms with E-state index in [4.69, 9.17) is 0 Å². The highest BCUT2D eigenvalue weighted by Crippen LogP contribution is 2.24. The van der Waals surface area contributed by atoms with Crippen LogP contribution in [-0.4, -0.2) is 24.0 Å². The average Bonchev–Trinajstić information content (AvgIpc) is 2.17. The largest absolute Gasteiger partial charge is 0.297 e. The first kappa shape index (κ1) is 10.8. The van der Waals surface area contributed by atoms with Gasteiger partial charge >= 0.3 is 0 Å².